The maximum atomic E-state index is 12.2. The van der Waals surface area contributed by atoms with Gasteiger partial charge in [0.1, 0.15) is 0 Å². The van der Waals surface area contributed by atoms with Crippen molar-refractivity contribution in [3.05, 3.63) is 12.2 Å². The predicted octanol–water partition coefficient (Wildman–Crippen LogP) is 1.77. The number of hydrogen-bond donors (Lipinski definition) is 0. The molecule has 0 atom stereocenters. The molecule has 0 saturated carbocycles. The van der Waals surface area contributed by atoms with Gasteiger partial charge in [0.25, 0.3) is 0 Å². The van der Waals surface area contributed by atoms with Crippen LogP contribution in [0.4, 0.5) is 0 Å². The van der Waals surface area contributed by atoms with E-state index in [2.05, 4.69) is 0 Å². The van der Waals surface area contributed by atoms with Gasteiger partial charge >= 0.3 is 0 Å². The molecule has 0 N–H and O–H groups in total. The summed E-state index contributed by atoms with van der Waals surface area (Å²) in [6, 6.07) is 0. The zero-order chi connectivity index (χ0) is 17.3. The van der Waals surface area contributed by atoms with Crippen molar-refractivity contribution in [2.24, 2.45) is 11.8 Å². The number of allylic oxidation sites excluding steroid dienone is 1. The first-order chi connectivity index (χ1) is 10.2. The molecule has 5 heteroatoms. The van der Waals surface area contributed by atoms with E-state index in [-0.39, 0.29) is 42.4 Å². The van der Waals surface area contributed by atoms with Gasteiger partial charge in [-0.1, -0.05) is 33.8 Å². The molecule has 0 aliphatic rings. The van der Waals surface area contributed by atoms with E-state index in [1.165, 1.54) is 0 Å². The van der Waals surface area contributed by atoms with E-state index >= 15 is 0 Å². The van der Waals surface area contributed by atoms with Crippen LogP contribution >= 0.6 is 0 Å². The predicted molar refractivity (Wildman–Crippen MR) is 88.6 cm³/mol. The van der Waals surface area contributed by atoms with E-state index in [1.807, 2.05) is 46.6 Å². The fourth-order valence-electron chi connectivity index (χ4n) is 1.68. The largest absolute Gasteiger partial charge is 0.335 e. The highest BCUT2D eigenvalue weighted by Gasteiger charge is 2.18. The molecule has 126 valence electrons. The monoisotopic (exact) mass is 310 g/mol. The summed E-state index contributed by atoms with van der Waals surface area (Å²) in [5.41, 5.74) is 0. The first kappa shape index (κ1) is 20.5. The summed E-state index contributed by atoms with van der Waals surface area (Å²) >= 11 is 0. The second kappa shape index (κ2) is 10.3. The Labute approximate surface area is 134 Å². The molecule has 5 nitrogen and oxygen atoms in total. The third-order valence-corrected chi connectivity index (χ3v) is 3.40. The Morgan fingerprint density at radius 2 is 1.59 bits per heavy atom. The van der Waals surface area contributed by atoms with Crippen molar-refractivity contribution < 1.29 is 14.4 Å². The fraction of sp³-hybridized carbons (Fsp3) is 0.706. The molecule has 0 rings (SSSR count). The van der Waals surface area contributed by atoms with E-state index in [1.54, 1.807) is 17.1 Å². The number of ketones is 2. The number of likely N-dealkylation sites (N-methyl/N-ethyl adjacent to an activating group) is 2. The number of carbonyl (C=O) groups excluding carboxylic acids is 3. The Balaban J connectivity index is 4.37. The van der Waals surface area contributed by atoms with Gasteiger partial charge in [-0.15, -0.1) is 0 Å². The molecule has 0 radical (unpaired) electrons. The van der Waals surface area contributed by atoms with Crippen LogP contribution in [-0.2, 0) is 14.4 Å². The molecule has 1 amide bonds. The molecule has 0 aliphatic carbocycles. The van der Waals surface area contributed by atoms with E-state index in [9.17, 15) is 14.4 Å². The first-order valence-corrected chi connectivity index (χ1v) is 7.88. The molecule has 0 heterocycles. The molecule has 0 unspecified atom stereocenters. The van der Waals surface area contributed by atoms with E-state index in [0.29, 0.717) is 13.1 Å². The van der Waals surface area contributed by atoms with Crippen molar-refractivity contribution in [3.63, 3.8) is 0 Å². The standard InChI is InChI=1S/C17H30N2O3/c1-7-19(11-16(21)14(4)5)17(22)12-18(6)10-8-9-15(20)13(2)3/h8-9,13-14H,7,10-12H2,1-6H3/b9-8+. The normalized spacial score (nSPS) is 11.7. The lowest BCUT2D eigenvalue weighted by Crippen LogP contribution is -2.42. The van der Waals surface area contributed by atoms with Crippen LogP contribution in [-0.4, -0.2) is 60.5 Å². The van der Waals surface area contributed by atoms with Crippen LogP contribution in [0.2, 0.25) is 0 Å². The van der Waals surface area contributed by atoms with Gasteiger partial charge in [0.05, 0.1) is 13.1 Å². The van der Waals surface area contributed by atoms with Crippen LogP contribution in [0.1, 0.15) is 34.6 Å². The average molecular weight is 310 g/mol. The number of carbonyl (C=O) groups is 3. The summed E-state index contributed by atoms with van der Waals surface area (Å²) in [5, 5.41) is 0. The topological polar surface area (TPSA) is 57.7 Å². The van der Waals surface area contributed by atoms with Gasteiger partial charge in [-0.3, -0.25) is 19.3 Å². The van der Waals surface area contributed by atoms with Crippen molar-refractivity contribution in [2.45, 2.75) is 34.6 Å². The molecule has 0 aromatic rings. The molecule has 0 aromatic carbocycles. The molecule has 0 aliphatic heterocycles. The first-order valence-electron chi connectivity index (χ1n) is 7.88. The van der Waals surface area contributed by atoms with E-state index in [0.717, 1.165) is 0 Å². The quantitative estimate of drug-likeness (QED) is 0.577. The van der Waals surface area contributed by atoms with Crippen LogP contribution in [0, 0.1) is 11.8 Å². The van der Waals surface area contributed by atoms with Gasteiger partial charge in [-0.05, 0) is 20.0 Å². The Bertz CT molecular complexity index is 414. The van der Waals surface area contributed by atoms with Crippen molar-refractivity contribution in [1.29, 1.82) is 0 Å². The van der Waals surface area contributed by atoms with Crippen molar-refractivity contribution in [2.75, 3.05) is 33.2 Å². The SMILES string of the molecule is CCN(CC(=O)C(C)C)C(=O)CN(C)C/C=C/C(=O)C(C)C. The fourth-order valence-corrected chi connectivity index (χ4v) is 1.68. The minimum absolute atomic E-state index is 0.0131. The summed E-state index contributed by atoms with van der Waals surface area (Å²) in [5.74, 6) is 0.00526. The molecule has 0 bridgehead atoms. The summed E-state index contributed by atoms with van der Waals surface area (Å²) in [6.07, 6.45) is 3.33. The van der Waals surface area contributed by atoms with Gasteiger partial charge in [0.2, 0.25) is 5.91 Å². The van der Waals surface area contributed by atoms with Crippen LogP contribution in [0.5, 0.6) is 0 Å². The number of nitrogens with zero attached hydrogens (tertiary/aromatic N) is 2. The minimum Gasteiger partial charge on any atom is -0.335 e. The Morgan fingerprint density at radius 3 is 2.05 bits per heavy atom. The van der Waals surface area contributed by atoms with Gasteiger partial charge in [0, 0.05) is 24.9 Å². The van der Waals surface area contributed by atoms with Crippen molar-refractivity contribution >= 4 is 17.5 Å². The van der Waals surface area contributed by atoms with E-state index in [4.69, 9.17) is 0 Å². The van der Waals surface area contributed by atoms with Gasteiger partial charge in [0.15, 0.2) is 11.6 Å². The smallest absolute Gasteiger partial charge is 0.237 e. The summed E-state index contributed by atoms with van der Waals surface area (Å²) < 4.78 is 0. The van der Waals surface area contributed by atoms with Crippen LogP contribution in [0.3, 0.4) is 0 Å². The second-order valence-electron chi connectivity index (χ2n) is 6.19. The molecule has 0 spiro atoms. The lowest BCUT2D eigenvalue weighted by Gasteiger charge is -2.24. The Hall–Kier alpha value is -1.49. The third-order valence-electron chi connectivity index (χ3n) is 3.40. The van der Waals surface area contributed by atoms with Gasteiger partial charge in [-0.2, -0.15) is 0 Å². The Kier molecular flexibility index (Phi) is 9.58. The molecular formula is C17H30N2O3. The average Bonchev–Trinajstić information content (AvgIpc) is 2.43. The zero-order valence-corrected chi connectivity index (χ0v) is 14.8. The number of amides is 1. The summed E-state index contributed by atoms with van der Waals surface area (Å²) in [6.45, 7) is 10.7. The highest BCUT2D eigenvalue weighted by atomic mass is 16.2. The molecule has 22 heavy (non-hydrogen) atoms. The third kappa shape index (κ3) is 8.08. The van der Waals surface area contributed by atoms with Crippen LogP contribution in [0.25, 0.3) is 0 Å². The molecule has 0 fully saturated rings. The van der Waals surface area contributed by atoms with Crippen LogP contribution < -0.4 is 0 Å². The number of hydrogen-bond acceptors (Lipinski definition) is 4. The van der Waals surface area contributed by atoms with Crippen molar-refractivity contribution in [3.8, 4) is 0 Å². The maximum Gasteiger partial charge on any atom is 0.237 e. The second-order valence-corrected chi connectivity index (χ2v) is 6.19. The summed E-state index contributed by atoms with van der Waals surface area (Å²) in [4.78, 5) is 38.8. The highest BCUT2D eigenvalue weighted by Crippen LogP contribution is 2.00. The number of rotatable bonds is 10. The molecule has 0 saturated heterocycles. The summed E-state index contributed by atoms with van der Waals surface area (Å²) in [7, 11) is 1.82. The van der Waals surface area contributed by atoms with Crippen molar-refractivity contribution in [1.82, 2.24) is 9.80 Å². The molecule has 0 aromatic heterocycles. The molecular weight excluding hydrogens is 280 g/mol. The number of Topliss-reactive ketones (excluding diaryl/α,β-unsaturated/α-hetero) is 1. The lowest BCUT2D eigenvalue weighted by molar-refractivity contribution is -0.136. The lowest BCUT2D eigenvalue weighted by atomic mass is 10.1. The highest BCUT2D eigenvalue weighted by molar-refractivity contribution is 5.91. The van der Waals surface area contributed by atoms with Gasteiger partial charge < -0.3 is 4.90 Å². The van der Waals surface area contributed by atoms with Crippen LogP contribution in [0.15, 0.2) is 12.2 Å². The zero-order valence-electron chi connectivity index (χ0n) is 14.8. The van der Waals surface area contributed by atoms with Gasteiger partial charge in [-0.25, -0.2) is 0 Å². The van der Waals surface area contributed by atoms with E-state index < -0.39 is 0 Å². The minimum atomic E-state index is -0.0670. The maximum absolute atomic E-state index is 12.2. The Morgan fingerprint density at radius 1 is 1.00 bits per heavy atom.